The maximum atomic E-state index is 3.65. The molecule has 0 spiro atoms. The van der Waals surface area contributed by atoms with E-state index < -0.39 is 0 Å². The van der Waals surface area contributed by atoms with Crippen LogP contribution in [0.3, 0.4) is 0 Å². The van der Waals surface area contributed by atoms with Crippen molar-refractivity contribution in [2.45, 2.75) is 38.1 Å². The van der Waals surface area contributed by atoms with Gasteiger partial charge in [-0.25, -0.2) is 0 Å². The predicted octanol–water partition coefficient (Wildman–Crippen LogP) is 3.23. The van der Waals surface area contributed by atoms with Gasteiger partial charge in [0.05, 0.1) is 0 Å². The summed E-state index contributed by atoms with van der Waals surface area (Å²) in [5.74, 6) is 1.71. The van der Waals surface area contributed by atoms with Crippen molar-refractivity contribution >= 4 is 0 Å². The van der Waals surface area contributed by atoms with Gasteiger partial charge >= 0.3 is 0 Å². The zero-order chi connectivity index (χ0) is 10.3. The van der Waals surface area contributed by atoms with Crippen molar-refractivity contribution in [3.05, 3.63) is 35.4 Å². The van der Waals surface area contributed by atoms with E-state index in [1.165, 1.54) is 25.8 Å². The summed E-state index contributed by atoms with van der Waals surface area (Å²) in [5, 5.41) is 3.65. The van der Waals surface area contributed by atoms with Crippen molar-refractivity contribution in [2.75, 3.05) is 6.54 Å². The van der Waals surface area contributed by atoms with Crippen LogP contribution in [0.15, 0.2) is 24.3 Å². The van der Waals surface area contributed by atoms with Crippen molar-refractivity contribution in [2.24, 2.45) is 5.92 Å². The van der Waals surface area contributed by atoms with Crippen LogP contribution >= 0.6 is 0 Å². The summed E-state index contributed by atoms with van der Waals surface area (Å²) in [7, 11) is 0. The third-order valence-electron chi connectivity index (χ3n) is 3.74. The van der Waals surface area contributed by atoms with E-state index in [1.54, 1.807) is 11.1 Å². The van der Waals surface area contributed by atoms with E-state index in [1.807, 2.05) is 0 Å². The van der Waals surface area contributed by atoms with Crippen molar-refractivity contribution in [1.82, 2.24) is 5.32 Å². The molecule has 80 valence electrons. The molecule has 2 aliphatic rings. The fraction of sp³-hybridized carbons (Fsp3) is 0.571. The molecular formula is C14H19N. The Labute approximate surface area is 91.9 Å². The van der Waals surface area contributed by atoms with Crippen molar-refractivity contribution in [1.29, 1.82) is 0 Å². The highest BCUT2D eigenvalue weighted by molar-refractivity contribution is 5.36. The monoisotopic (exact) mass is 201 g/mol. The van der Waals surface area contributed by atoms with Crippen molar-refractivity contribution in [3.8, 4) is 0 Å². The van der Waals surface area contributed by atoms with Gasteiger partial charge in [0, 0.05) is 6.04 Å². The molecule has 0 aromatic heterocycles. The summed E-state index contributed by atoms with van der Waals surface area (Å²) >= 11 is 0. The Morgan fingerprint density at radius 1 is 1.13 bits per heavy atom. The Morgan fingerprint density at radius 2 is 1.87 bits per heavy atom. The number of nitrogens with one attached hydrogen (secondary N) is 1. The quantitative estimate of drug-likeness (QED) is 0.774. The second-order valence-electron chi connectivity index (χ2n) is 5.20. The van der Waals surface area contributed by atoms with Gasteiger partial charge in [0.2, 0.25) is 0 Å². The molecule has 3 rings (SSSR count). The number of hydrogen-bond donors (Lipinski definition) is 1. The van der Waals surface area contributed by atoms with Gasteiger partial charge < -0.3 is 5.32 Å². The SMILES string of the molecule is CC1CNC(c2ccccc2C2CC2)C1. The largest absolute Gasteiger partial charge is 0.310 e. The first-order chi connectivity index (χ1) is 7.34. The maximum Gasteiger partial charge on any atom is 0.0326 e. The first-order valence-corrected chi connectivity index (χ1v) is 6.17. The molecule has 1 saturated heterocycles. The van der Waals surface area contributed by atoms with Crippen LogP contribution < -0.4 is 5.32 Å². The van der Waals surface area contributed by atoms with Crippen LogP contribution in [-0.4, -0.2) is 6.54 Å². The van der Waals surface area contributed by atoms with Gasteiger partial charge in [0.15, 0.2) is 0 Å². The third-order valence-corrected chi connectivity index (χ3v) is 3.74. The topological polar surface area (TPSA) is 12.0 Å². The molecule has 15 heavy (non-hydrogen) atoms. The van der Waals surface area contributed by atoms with Gasteiger partial charge in [0.25, 0.3) is 0 Å². The van der Waals surface area contributed by atoms with E-state index in [0.717, 1.165) is 11.8 Å². The highest BCUT2D eigenvalue weighted by atomic mass is 14.9. The molecule has 1 saturated carbocycles. The van der Waals surface area contributed by atoms with Gasteiger partial charge in [-0.2, -0.15) is 0 Å². The van der Waals surface area contributed by atoms with E-state index in [2.05, 4.69) is 36.5 Å². The average Bonchev–Trinajstić information content (AvgIpc) is 3.02. The predicted molar refractivity (Wildman–Crippen MR) is 62.9 cm³/mol. The smallest absolute Gasteiger partial charge is 0.0326 e. The van der Waals surface area contributed by atoms with E-state index >= 15 is 0 Å². The molecule has 1 N–H and O–H groups in total. The summed E-state index contributed by atoms with van der Waals surface area (Å²) in [5.41, 5.74) is 3.19. The summed E-state index contributed by atoms with van der Waals surface area (Å²) < 4.78 is 0. The minimum Gasteiger partial charge on any atom is -0.310 e. The number of benzene rings is 1. The third kappa shape index (κ3) is 1.81. The normalized spacial score (nSPS) is 30.7. The molecule has 2 atom stereocenters. The highest BCUT2D eigenvalue weighted by Gasteiger charge is 2.30. The first kappa shape index (κ1) is 9.41. The van der Waals surface area contributed by atoms with Gasteiger partial charge in [0.1, 0.15) is 0 Å². The molecule has 0 amide bonds. The lowest BCUT2D eigenvalue weighted by Crippen LogP contribution is -2.14. The molecule has 0 radical (unpaired) electrons. The van der Waals surface area contributed by atoms with E-state index in [4.69, 9.17) is 0 Å². The average molecular weight is 201 g/mol. The van der Waals surface area contributed by atoms with E-state index in [9.17, 15) is 0 Å². The van der Waals surface area contributed by atoms with Crippen LogP contribution in [0.25, 0.3) is 0 Å². The Bertz CT molecular complexity index is 354. The van der Waals surface area contributed by atoms with Crippen LogP contribution in [-0.2, 0) is 0 Å². The molecule has 2 fully saturated rings. The van der Waals surface area contributed by atoms with Crippen LogP contribution in [0.5, 0.6) is 0 Å². The highest BCUT2D eigenvalue weighted by Crippen LogP contribution is 2.44. The fourth-order valence-electron chi connectivity index (χ4n) is 2.74. The van der Waals surface area contributed by atoms with Gasteiger partial charge in [-0.3, -0.25) is 0 Å². The minimum atomic E-state index is 0.622. The van der Waals surface area contributed by atoms with Crippen molar-refractivity contribution in [3.63, 3.8) is 0 Å². The molecule has 1 nitrogen and oxygen atoms in total. The van der Waals surface area contributed by atoms with E-state index in [0.29, 0.717) is 6.04 Å². The Kier molecular flexibility index (Phi) is 2.28. The lowest BCUT2D eigenvalue weighted by molar-refractivity contribution is 0.607. The molecule has 1 aliphatic carbocycles. The maximum absolute atomic E-state index is 3.65. The molecule has 0 bridgehead atoms. The summed E-state index contributed by atoms with van der Waals surface area (Å²) in [6, 6.07) is 9.65. The van der Waals surface area contributed by atoms with Crippen LogP contribution in [0.1, 0.15) is 49.3 Å². The Balaban J connectivity index is 1.89. The zero-order valence-corrected chi connectivity index (χ0v) is 9.37. The summed E-state index contributed by atoms with van der Waals surface area (Å²) in [4.78, 5) is 0. The van der Waals surface area contributed by atoms with Crippen LogP contribution in [0.2, 0.25) is 0 Å². The standard InChI is InChI=1S/C14H19N/c1-10-8-14(15-9-10)13-5-3-2-4-12(13)11-6-7-11/h2-5,10-11,14-15H,6-9H2,1H3. The zero-order valence-electron chi connectivity index (χ0n) is 9.37. The molecule has 1 aromatic carbocycles. The van der Waals surface area contributed by atoms with Crippen LogP contribution in [0.4, 0.5) is 0 Å². The molecule has 1 heteroatoms. The number of rotatable bonds is 2. The second kappa shape index (κ2) is 3.64. The molecular weight excluding hydrogens is 182 g/mol. The summed E-state index contributed by atoms with van der Waals surface area (Å²) in [6.45, 7) is 3.52. The molecule has 1 aromatic rings. The van der Waals surface area contributed by atoms with E-state index in [-0.39, 0.29) is 0 Å². The van der Waals surface area contributed by atoms with Crippen molar-refractivity contribution < 1.29 is 0 Å². The second-order valence-corrected chi connectivity index (χ2v) is 5.20. The number of hydrogen-bond acceptors (Lipinski definition) is 1. The molecule has 1 aliphatic heterocycles. The fourth-order valence-corrected chi connectivity index (χ4v) is 2.74. The van der Waals surface area contributed by atoms with Gasteiger partial charge in [-0.05, 0) is 48.8 Å². The minimum absolute atomic E-state index is 0.622. The Morgan fingerprint density at radius 3 is 2.47 bits per heavy atom. The Hall–Kier alpha value is -0.820. The lowest BCUT2D eigenvalue weighted by atomic mass is 9.94. The van der Waals surface area contributed by atoms with Crippen LogP contribution in [0, 0.1) is 5.92 Å². The summed E-state index contributed by atoms with van der Waals surface area (Å²) in [6.07, 6.45) is 4.11. The van der Waals surface area contributed by atoms with Gasteiger partial charge in [-0.1, -0.05) is 31.2 Å². The van der Waals surface area contributed by atoms with Gasteiger partial charge in [-0.15, -0.1) is 0 Å². The lowest BCUT2D eigenvalue weighted by Gasteiger charge is -2.15. The molecule has 2 unspecified atom stereocenters. The first-order valence-electron chi connectivity index (χ1n) is 6.17. The molecule has 1 heterocycles.